The van der Waals surface area contributed by atoms with Crippen molar-refractivity contribution in [3.8, 4) is 0 Å². The van der Waals surface area contributed by atoms with Gasteiger partial charge in [-0.05, 0) is 52.0 Å². The lowest BCUT2D eigenvalue weighted by Gasteiger charge is -2.33. The number of rotatable bonds is 6. The maximum Gasteiger partial charge on any atom is 0.242 e. The van der Waals surface area contributed by atoms with Gasteiger partial charge in [-0.25, -0.2) is 0 Å². The van der Waals surface area contributed by atoms with E-state index in [1.165, 1.54) is 38.6 Å². The molecule has 3 fully saturated rings. The average molecular weight is 335 g/mol. The lowest BCUT2D eigenvalue weighted by Crippen LogP contribution is -2.49. The van der Waals surface area contributed by atoms with E-state index in [1.807, 2.05) is 4.90 Å². The maximum absolute atomic E-state index is 12.6. The molecule has 1 aliphatic carbocycles. The molecule has 0 aromatic heterocycles. The van der Waals surface area contributed by atoms with Crippen molar-refractivity contribution in [2.75, 3.05) is 19.6 Å². The fourth-order valence-corrected chi connectivity index (χ4v) is 4.70. The van der Waals surface area contributed by atoms with Crippen molar-refractivity contribution in [3.05, 3.63) is 0 Å². The van der Waals surface area contributed by atoms with Crippen molar-refractivity contribution in [2.24, 2.45) is 0 Å². The zero-order valence-corrected chi connectivity index (χ0v) is 15.1. The van der Waals surface area contributed by atoms with Gasteiger partial charge in [0.05, 0.1) is 0 Å². The fourth-order valence-electron chi connectivity index (χ4n) is 4.70. The van der Waals surface area contributed by atoms with Crippen LogP contribution < -0.4 is 5.32 Å². The number of piperidine rings is 1. The van der Waals surface area contributed by atoms with Gasteiger partial charge >= 0.3 is 0 Å². The zero-order chi connectivity index (χ0) is 16.9. The van der Waals surface area contributed by atoms with E-state index < -0.39 is 0 Å². The molecule has 0 aromatic carbocycles. The number of hydrogen-bond donors (Lipinski definition) is 1. The third-order valence-electron chi connectivity index (χ3n) is 6.14. The van der Waals surface area contributed by atoms with Gasteiger partial charge in [0.1, 0.15) is 6.04 Å². The summed E-state index contributed by atoms with van der Waals surface area (Å²) in [6, 6.07) is 0.777. The number of likely N-dealkylation sites (tertiary alicyclic amines) is 2. The minimum absolute atomic E-state index is 0.0689. The van der Waals surface area contributed by atoms with E-state index in [9.17, 15) is 9.59 Å². The quantitative estimate of drug-likeness (QED) is 0.758. The van der Waals surface area contributed by atoms with Gasteiger partial charge in [-0.2, -0.15) is 0 Å². The summed E-state index contributed by atoms with van der Waals surface area (Å²) in [6.07, 6.45) is 10.7. The molecule has 5 nitrogen and oxygen atoms in total. The molecule has 2 saturated heterocycles. The standard InChI is InChI=1S/C19H33N3O2/c1-15-7-4-5-13-21(15)14-6-12-20-19(24)17-10-11-18(23)22(17)16-8-2-3-9-16/h15-17H,2-14H2,1H3,(H,20,24). The van der Waals surface area contributed by atoms with E-state index in [4.69, 9.17) is 0 Å². The van der Waals surface area contributed by atoms with Gasteiger partial charge in [0.2, 0.25) is 11.8 Å². The van der Waals surface area contributed by atoms with Crippen LogP contribution in [-0.2, 0) is 9.59 Å². The lowest BCUT2D eigenvalue weighted by molar-refractivity contribution is -0.137. The third-order valence-corrected chi connectivity index (χ3v) is 6.14. The predicted octanol–water partition coefficient (Wildman–Crippen LogP) is 2.30. The first-order valence-electron chi connectivity index (χ1n) is 10.00. The molecule has 0 radical (unpaired) electrons. The van der Waals surface area contributed by atoms with Crippen molar-refractivity contribution in [2.45, 2.75) is 89.3 Å². The van der Waals surface area contributed by atoms with E-state index in [1.54, 1.807) is 0 Å². The van der Waals surface area contributed by atoms with Crippen LogP contribution >= 0.6 is 0 Å². The topological polar surface area (TPSA) is 52.7 Å². The Morgan fingerprint density at radius 2 is 1.88 bits per heavy atom. The third kappa shape index (κ3) is 4.11. The van der Waals surface area contributed by atoms with Crippen molar-refractivity contribution in [1.82, 2.24) is 15.1 Å². The SMILES string of the molecule is CC1CCCCN1CCCNC(=O)C1CCC(=O)N1C1CCCC1. The van der Waals surface area contributed by atoms with E-state index in [2.05, 4.69) is 17.1 Å². The van der Waals surface area contributed by atoms with Gasteiger partial charge < -0.3 is 15.1 Å². The van der Waals surface area contributed by atoms with E-state index in [-0.39, 0.29) is 17.9 Å². The minimum atomic E-state index is -0.213. The Balaban J connectivity index is 1.41. The number of amides is 2. The predicted molar refractivity (Wildman–Crippen MR) is 94.6 cm³/mol. The molecule has 1 saturated carbocycles. The number of hydrogen-bond acceptors (Lipinski definition) is 3. The maximum atomic E-state index is 12.6. The van der Waals surface area contributed by atoms with Crippen LogP contribution in [0, 0.1) is 0 Å². The Bertz CT molecular complexity index is 448. The van der Waals surface area contributed by atoms with Crippen molar-refractivity contribution >= 4 is 11.8 Å². The number of nitrogens with zero attached hydrogens (tertiary/aromatic N) is 2. The van der Waals surface area contributed by atoms with Crippen molar-refractivity contribution < 1.29 is 9.59 Å². The highest BCUT2D eigenvalue weighted by Crippen LogP contribution is 2.30. The second-order valence-electron chi connectivity index (χ2n) is 7.82. The molecular weight excluding hydrogens is 302 g/mol. The van der Waals surface area contributed by atoms with Crippen LogP contribution in [0.15, 0.2) is 0 Å². The van der Waals surface area contributed by atoms with Crippen molar-refractivity contribution in [1.29, 1.82) is 0 Å². The molecule has 1 N–H and O–H groups in total. The van der Waals surface area contributed by atoms with Gasteiger partial charge in [0.15, 0.2) is 0 Å². The summed E-state index contributed by atoms with van der Waals surface area (Å²) in [6.45, 7) is 5.30. The first-order valence-corrected chi connectivity index (χ1v) is 10.00. The van der Waals surface area contributed by atoms with Crippen LogP contribution in [0.1, 0.15) is 71.1 Å². The normalized spacial score (nSPS) is 29.4. The molecule has 2 heterocycles. The Labute approximate surface area is 146 Å². The first kappa shape index (κ1) is 17.7. The number of carbonyl (C=O) groups excluding carboxylic acids is 2. The highest BCUT2D eigenvalue weighted by molar-refractivity contribution is 5.91. The molecule has 5 heteroatoms. The van der Waals surface area contributed by atoms with Crippen molar-refractivity contribution in [3.63, 3.8) is 0 Å². The summed E-state index contributed by atoms with van der Waals surface area (Å²) >= 11 is 0. The van der Waals surface area contributed by atoms with Crippen LogP contribution in [0.3, 0.4) is 0 Å². The number of nitrogens with one attached hydrogen (secondary N) is 1. The number of carbonyl (C=O) groups is 2. The summed E-state index contributed by atoms with van der Waals surface area (Å²) in [5.41, 5.74) is 0. The Kier molecular flexibility index (Phi) is 6.14. The first-order chi connectivity index (χ1) is 11.7. The van der Waals surface area contributed by atoms with Crippen LogP contribution in [0.2, 0.25) is 0 Å². The Morgan fingerprint density at radius 3 is 2.62 bits per heavy atom. The van der Waals surface area contributed by atoms with Gasteiger partial charge in [-0.3, -0.25) is 9.59 Å². The molecule has 2 aliphatic heterocycles. The smallest absolute Gasteiger partial charge is 0.242 e. The Hall–Kier alpha value is -1.10. The Morgan fingerprint density at radius 1 is 1.12 bits per heavy atom. The van der Waals surface area contributed by atoms with Gasteiger partial charge in [-0.15, -0.1) is 0 Å². The highest BCUT2D eigenvalue weighted by Gasteiger charge is 2.40. The molecular formula is C19H33N3O2. The summed E-state index contributed by atoms with van der Waals surface area (Å²) in [5.74, 6) is 0.253. The van der Waals surface area contributed by atoms with E-state index >= 15 is 0 Å². The molecule has 3 rings (SSSR count). The summed E-state index contributed by atoms with van der Waals surface area (Å²) < 4.78 is 0. The molecule has 2 amide bonds. The monoisotopic (exact) mass is 335 g/mol. The highest BCUT2D eigenvalue weighted by atomic mass is 16.2. The summed E-state index contributed by atoms with van der Waals surface area (Å²) in [4.78, 5) is 29.2. The minimum Gasteiger partial charge on any atom is -0.354 e. The van der Waals surface area contributed by atoms with Gasteiger partial charge in [0.25, 0.3) is 0 Å². The molecule has 24 heavy (non-hydrogen) atoms. The van der Waals surface area contributed by atoms with Crippen LogP contribution in [0.5, 0.6) is 0 Å². The van der Waals surface area contributed by atoms with E-state index in [0.717, 1.165) is 32.4 Å². The zero-order valence-electron chi connectivity index (χ0n) is 15.1. The van der Waals surface area contributed by atoms with Crippen LogP contribution in [0.4, 0.5) is 0 Å². The second-order valence-corrected chi connectivity index (χ2v) is 7.82. The van der Waals surface area contributed by atoms with Crippen LogP contribution in [-0.4, -0.2) is 59.4 Å². The fraction of sp³-hybridized carbons (Fsp3) is 0.895. The van der Waals surface area contributed by atoms with Crippen LogP contribution in [0.25, 0.3) is 0 Å². The molecule has 2 unspecified atom stereocenters. The van der Waals surface area contributed by atoms with Gasteiger partial charge in [0, 0.05) is 31.6 Å². The van der Waals surface area contributed by atoms with Gasteiger partial charge in [-0.1, -0.05) is 19.3 Å². The lowest BCUT2D eigenvalue weighted by atomic mass is 10.0. The molecule has 0 spiro atoms. The second kappa shape index (κ2) is 8.32. The molecule has 136 valence electrons. The summed E-state index contributed by atoms with van der Waals surface area (Å²) in [7, 11) is 0. The summed E-state index contributed by atoms with van der Waals surface area (Å²) in [5, 5.41) is 3.09. The molecule has 0 aromatic rings. The molecule has 2 atom stereocenters. The average Bonchev–Trinajstić information content (AvgIpc) is 3.22. The molecule has 0 bridgehead atoms. The van der Waals surface area contributed by atoms with E-state index in [0.29, 0.717) is 24.9 Å². The largest absolute Gasteiger partial charge is 0.354 e. The molecule has 3 aliphatic rings.